The average Bonchev–Trinajstić information content (AvgIpc) is 3.13. The number of hydrogen-bond donors (Lipinski definition) is 2. The maximum Gasteiger partial charge on any atom is 0.248 e. The minimum Gasteiger partial charge on any atom is -0.493 e. The molecule has 0 spiro atoms. The maximum atomic E-state index is 12.6. The Morgan fingerprint density at radius 2 is 1.82 bits per heavy atom. The summed E-state index contributed by atoms with van der Waals surface area (Å²) in [6.45, 7) is 2.16. The van der Waals surface area contributed by atoms with Gasteiger partial charge in [0.25, 0.3) is 0 Å². The van der Waals surface area contributed by atoms with E-state index in [0.29, 0.717) is 30.9 Å². The van der Waals surface area contributed by atoms with Crippen molar-refractivity contribution in [2.45, 2.75) is 12.3 Å². The fourth-order valence-electron chi connectivity index (χ4n) is 3.55. The number of carbonyl (C=O) groups excluding carboxylic acids is 2. The minimum absolute atomic E-state index is 0. The van der Waals surface area contributed by atoms with Crippen LogP contribution in [0.4, 0.5) is 0 Å². The SMILES string of the molecule is Cl.NC[C@@H]1CN(C(=O)CCOc2cccc(C(N)=O)c2)C[C@H]1c1ccccc1. The predicted octanol–water partition coefficient (Wildman–Crippen LogP) is 2.18. The van der Waals surface area contributed by atoms with Crippen molar-refractivity contribution < 1.29 is 14.3 Å². The van der Waals surface area contributed by atoms with Gasteiger partial charge in [0.1, 0.15) is 5.75 Å². The molecule has 1 saturated heterocycles. The summed E-state index contributed by atoms with van der Waals surface area (Å²) >= 11 is 0. The highest BCUT2D eigenvalue weighted by Crippen LogP contribution is 2.32. The van der Waals surface area contributed by atoms with Gasteiger partial charge in [-0.1, -0.05) is 36.4 Å². The van der Waals surface area contributed by atoms with E-state index in [0.717, 1.165) is 0 Å². The molecule has 2 amide bonds. The van der Waals surface area contributed by atoms with Gasteiger partial charge in [0.2, 0.25) is 11.8 Å². The second-order valence-electron chi connectivity index (χ2n) is 6.80. The number of halogens is 1. The molecule has 2 aromatic rings. The van der Waals surface area contributed by atoms with Crippen LogP contribution < -0.4 is 16.2 Å². The van der Waals surface area contributed by atoms with Gasteiger partial charge in [0.15, 0.2) is 0 Å². The fraction of sp³-hybridized carbons (Fsp3) is 0.333. The largest absolute Gasteiger partial charge is 0.493 e. The van der Waals surface area contributed by atoms with Crippen LogP contribution in [0.1, 0.15) is 28.3 Å². The van der Waals surface area contributed by atoms with E-state index in [1.165, 1.54) is 5.56 Å². The Bertz CT molecular complexity index is 800. The molecule has 2 atom stereocenters. The van der Waals surface area contributed by atoms with Crippen LogP contribution in [0.25, 0.3) is 0 Å². The lowest BCUT2D eigenvalue weighted by Gasteiger charge is -2.17. The molecular formula is C21H26ClN3O3. The number of ether oxygens (including phenoxy) is 1. The number of benzene rings is 2. The van der Waals surface area contributed by atoms with Crippen LogP contribution in [0, 0.1) is 5.92 Å². The Labute approximate surface area is 171 Å². The Kier molecular flexibility index (Phi) is 7.84. The summed E-state index contributed by atoms with van der Waals surface area (Å²) in [7, 11) is 0. The van der Waals surface area contributed by atoms with E-state index in [9.17, 15) is 9.59 Å². The molecule has 6 nitrogen and oxygen atoms in total. The van der Waals surface area contributed by atoms with Gasteiger partial charge >= 0.3 is 0 Å². The first-order valence-electron chi connectivity index (χ1n) is 9.14. The standard InChI is InChI=1S/C21H25N3O3.ClH/c22-12-17-13-24(14-19(17)15-5-2-1-3-6-15)20(25)9-10-27-18-8-4-7-16(11-18)21(23)26;/h1-8,11,17,19H,9-10,12-14,22H2,(H2,23,26);1H/t17-,19+;/m1./s1. The van der Waals surface area contributed by atoms with Crippen LogP contribution in [0.5, 0.6) is 5.75 Å². The monoisotopic (exact) mass is 403 g/mol. The zero-order valence-electron chi connectivity index (χ0n) is 15.6. The van der Waals surface area contributed by atoms with Crippen LogP contribution in [0.2, 0.25) is 0 Å². The molecule has 0 unspecified atom stereocenters. The number of likely N-dealkylation sites (tertiary alicyclic amines) is 1. The quantitative estimate of drug-likeness (QED) is 0.740. The van der Waals surface area contributed by atoms with Crippen LogP contribution in [-0.4, -0.2) is 43.0 Å². The normalized spacial score (nSPS) is 18.4. The molecule has 7 heteroatoms. The van der Waals surface area contributed by atoms with Gasteiger partial charge in [-0.2, -0.15) is 0 Å². The molecule has 1 heterocycles. The molecule has 4 N–H and O–H groups in total. The van der Waals surface area contributed by atoms with E-state index in [2.05, 4.69) is 12.1 Å². The average molecular weight is 404 g/mol. The summed E-state index contributed by atoms with van der Waals surface area (Å²) < 4.78 is 5.61. The molecule has 0 saturated carbocycles. The van der Waals surface area contributed by atoms with E-state index in [1.54, 1.807) is 24.3 Å². The first-order valence-corrected chi connectivity index (χ1v) is 9.14. The molecule has 0 bridgehead atoms. The number of rotatable bonds is 7. The van der Waals surface area contributed by atoms with Crippen LogP contribution in [0.15, 0.2) is 54.6 Å². The van der Waals surface area contributed by atoms with Gasteiger partial charge in [-0.15, -0.1) is 12.4 Å². The Morgan fingerprint density at radius 3 is 2.50 bits per heavy atom. The van der Waals surface area contributed by atoms with Crippen LogP contribution in [-0.2, 0) is 4.79 Å². The van der Waals surface area contributed by atoms with Crippen molar-refractivity contribution in [2.75, 3.05) is 26.2 Å². The number of carbonyl (C=O) groups is 2. The topological polar surface area (TPSA) is 98.7 Å². The molecule has 1 aliphatic heterocycles. The van der Waals surface area contributed by atoms with E-state index in [1.807, 2.05) is 23.1 Å². The summed E-state index contributed by atoms with van der Waals surface area (Å²) in [5.74, 6) is 0.617. The Morgan fingerprint density at radius 1 is 1.07 bits per heavy atom. The Balaban J connectivity index is 0.00000280. The van der Waals surface area contributed by atoms with Crippen molar-refractivity contribution in [1.29, 1.82) is 0 Å². The van der Waals surface area contributed by atoms with Crippen molar-refractivity contribution in [3.05, 3.63) is 65.7 Å². The van der Waals surface area contributed by atoms with Gasteiger partial charge < -0.3 is 21.1 Å². The van der Waals surface area contributed by atoms with Gasteiger partial charge in [0, 0.05) is 24.6 Å². The lowest BCUT2D eigenvalue weighted by Crippen LogP contribution is -2.30. The van der Waals surface area contributed by atoms with Crippen LogP contribution >= 0.6 is 12.4 Å². The summed E-state index contributed by atoms with van der Waals surface area (Å²) in [5.41, 5.74) is 12.8. The van der Waals surface area contributed by atoms with Crippen molar-refractivity contribution in [3.8, 4) is 5.75 Å². The number of amides is 2. The highest BCUT2D eigenvalue weighted by atomic mass is 35.5. The van der Waals surface area contributed by atoms with E-state index in [-0.39, 0.29) is 43.2 Å². The molecule has 2 aromatic carbocycles. The molecular weight excluding hydrogens is 378 g/mol. The minimum atomic E-state index is -0.506. The van der Waals surface area contributed by atoms with Gasteiger partial charge in [-0.3, -0.25) is 9.59 Å². The summed E-state index contributed by atoms with van der Waals surface area (Å²) in [5, 5.41) is 0. The van der Waals surface area contributed by atoms with Crippen molar-refractivity contribution in [3.63, 3.8) is 0 Å². The fourth-order valence-corrected chi connectivity index (χ4v) is 3.55. The second-order valence-corrected chi connectivity index (χ2v) is 6.80. The third-order valence-electron chi connectivity index (χ3n) is 5.03. The number of nitrogens with two attached hydrogens (primary N) is 2. The molecule has 0 aliphatic carbocycles. The van der Waals surface area contributed by atoms with Crippen molar-refractivity contribution in [2.24, 2.45) is 17.4 Å². The van der Waals surface area contributed by atoms with Crippen LogP contribution in [0.3, 0.4) is 0 Å². The second kappa shape index (κ2) is 10.1. The van der Waals surface area contributed by atoms with E-state index in [4.69, 9.17) is 16.2 Å². The first-order chi connectivity index (χ1) is 13.1. The third-order valence-corrected chi connectivity index (χ3v) is 5.03. The molecule has 1 aliphatic rings. The Hall–Kier alpha value is -2.57. The third kappa shape index (κ3) is 5.24. The summed E-state index contributed by atoms with van der Waals surface area (Å²) in [4.78, 5) is 25.7. The highest BCUT2D eigenvalue weighted by molar-refractivity contribution is 5.93. The zero-order chi connectivity index (χ0) is 19.2. The summed E-state index contributed by atoms with van der Waals surface area (Å²) in [6.07, 6.45) is 0.277. The lowest BCUT2D eigenvalue weighted by molar-refractivity contribution is -0.130. The smallest absolute Gasteiger partial charge is 0.248 e. The molecule has 0 radical (unpaired) electrons. The first kappa shape index (κ1) is 21.7. The highest BCUT2D eigenvalue weighted by Gasteiger charge is 2.34. The molecule has 28 heavy (non-hydrogen) atoms. The zero-order valence-corrected chi connectivity index (χ0v) is 16.4. The number of primary amides is 1. The van der Waals surface area contributed by atoms with Gasteiger partial charge in [-0.25, -0.2) is 0 Å². The summed E-state index contributed by atoms with van der Waals surface area (Å²) in [6, 6.07) is 16.9. The predicted molar refractivity (Wildman–Crippen MR) is 111 cm³/mol. The van der Waals surface area contributed by atoms with E-state index < -0.39 is 5.91 Å². The van der Waals surface area contributed by atoms with Gasteiger partial charge in [0.05, 0.1) is 13.0 Å². The molecule has 0 aromatic heterocycles. The van der Waals surface area contributed by atoms with Crippen molar-refractivity contribution >= 4 is 24.2 Å². The molecule has 150 valence electrons. The van der Waals surface area contributed by atoms with Gasteiger partial charge in [-0.05, 0) is 36.2 Å². The van der Waals surface area contributed by atoms with Crippen molar-refractivity contribution in [1.82, 2.24) is 4.90 Å². The molecule has 3 rings (SSSR count). The number of hydrogen-bond acceptors (Lipinski definition) is 4. The lowest BCUT2D eigenvalue weighted by atomic mass is 9.89. The molecule has 1 fully saturated rings. The number of nitrogens with zero attached hydrogens (tertiary/aromatic N) is 1. The maximum absolute atomic E-state index is 12.6. The van der Waals surface area contributed by atoms with E-state index >= 15 is 0 Å².